The van der Waals surface area contributed by atoms with Gasteiger partial charge in [-0.3, -0.25) is 9.78 Å². The summed E-state index contributed by atoms with van der Waals surface area (Å²) in [6.45, 7) is 13.3. The number of nitrogens with zero attached hydrogens (tertiary/aromatic N) is 2. The molecule has 1 amide bonds. The van der Waals surface area contributed by atoms with Crippen LogP contribution in [-0.2, 0) is 9.31 Å². The summed E-state index contributed by atoms with van der Waals surface area (Å²) >= 11 is 0. The Balaban J connectivity index is 2.36. The van der Waals surface area contributed by atoms with Gasteiger partial charge in [-0.15, -0.1) is 0 Å². The van der Waals surface area contributed by atoms with Crippen molar-refractivity contribution in [2.75, 3.05) is 13.1 Å². The van der Waals surface area contributed by atoms with Crippen molar-refractivity contribution in [2.24, 2.45) is 0 Å². The molecule has 0 spiro atoms. The molecule has 1 saturated heterocycles. The minimum Gasteiger partial charge on any atom is -0.399 e. The predicted molar refractivity (Wildman–Crippen MR) is 87.2 cm³/mol. The first kappa shape index (κ1) is 17.0. The van der Waals surface area contributed by atoms with Crippen LogP contribution in [0.3, 0.4) is 0 Å². The van der Waals surface area contributed by atoms with E-state index in [-0.39, 0.29) is 5.91 Å². The van der Waals surface area contributed by atoms with E-state index in [0.717, 1.165) is 0 Å². The summed E-state index contributed by atoms with van der Waals surface area (Å²) in [5, 5.41) is 0. The van der Waals surface area contributed by atoms with Gasteiger partial charge in [0.05, 0.1) is 11.2 Å². The Morgan fingerprint density at radius 1 is 1.18 bits per heavy atom. The third kappa shape index (κ3) is 2.90. The van der Waals surface area contributed by atoms with E-state index in [2.05, 4.69) is 4.98 Å². The van der Waals surface area contributed by atoms with E-state index in [1.807, 2.05) is 41.5 Å². The van der Waals surface area contributed by atoms with Crippen LogP contribution in [0.2, 0.25) is 0 Å². The second-order valence-corrected chi connectivity index (χ2v) is 6.53. The van der Waals surface area contributed by atoms with Crippen LogP contribution in [0, 0.1) is 0 Å². The molecule has 0 aliphatic carbocycles. The zero-order valence-corrected chi connectivity index (χ0v) is 14.3. The standard InChI is InChI=1S/C16H25BN2O3/c1-7-19(8-2)14(20)12-9-10-18-11-13(12)17-21-15(3,4)16(5,6)22-17/h9-11H,7-8H2,1-6H3. The first-order valence-corrected chi connectivity index (χ1v) is 7.82. The Hall–Kier alpha value is -1.40. The van der Waals surface area contributed by atoms with Crippen LogP contribution in [0.1, 0.15) is 51.9 Å². The number of carbonyl (C=O) groups is 1. The average Bonchev–Trinajstić information content (AvgIpc) is 2.68. The highest BCUT2D eigenvalue weighted by Crippen LogP contribution is 2.36. The highest BCUT2D eigenvalue weighted by atomic mass is 16.7. The summed E-state index contributed by atoms with van der Waals surface area (Å²) in [6, 6.07) is 1.74. The highest BCUT2D eigenvalue weighted by Gasteiger charge is 2.52. The average molecular weight is 304 g/mol. The number of carbonyl (C=O) groups excluding carboxylic acids is 1. The lowest BCUT2D eigenvalue weighted by atomic mass is 9.77. The van der Waals surface area contributed by atoms with Crippen molar-refractivity contribution in [1.82, 2.24) is 9.88 Å². The molecule has 1 fully saturated rings. The number of aromatic nitrogens is 1. The number of hydrogen-bond acceptors (Lipinski definition) is 4. The van der Waals surface area contributed by atoms with Gasteiger partial charge in [0.2, 0.25) is 0 Å². The van der Waals surface area contributed by atoms with Crippen molar-refractivity contribution in [3.05, 3.63) is 24.0 Å². The topological polar surface area (TPSA) is 51.7 Å². The van der Waals surface area contributed by atoms with Crippen molar-refractivity contribution < 1.29 is 14.1 Å². The number of hydrogen-bond donors (Lipinski definition) is 0. The van der Waals surface area contributed by atoms with Gasteiger partial charge >= 0.3 is 7.12 Å². The van der Waals surface area contributed by atoms with E-state index in [1.165, 1.54) is 0 Å². The molecule has 0 N–H and O–H groups in total. The molecule has 6 heteroatoms. The van der Waals surface area contributed by atoms with Gasteiger partial charge in [-0.1, -0.05) is 0 Å². The first-order valence-electron chi connectivity index (χ1n) is 7.82. The molecule has 0 radical (unpaired) electrons. The Morgan fingerprint density at radius 3 is 2.23 bits per heavy atom. The fourth-order valence-corrected chi connectivity index (χ4v) is 2.44. The fourth-order valence-electron chi connectivity index (χ4n) is 2.44. The normalized spacial score (nSPS) is 19.3. The minimum absolute atomic E-state index is 0.0166. The van der Waals surface area contributed by atoms with Gasteiger partial charge in [-0.2, -0.15) is 0 Å². The second-order valence-electron chi connectivity index (χ2n) is 6.53. The molecule has 1 aliphatic heterocycles. The van der Waals surface area contributed by atoms with Crippen LogP contribution >= 0.6 is 0 Å². The molecule has 2 heterocycles. The molecule has 1 aromatic heterocycles. The monoisotopic (exact) mass is 304 g/mol. The lowest BCUT2D eigenvalue weighted by molar-refractivity contribution is 0.00578. The Labute approximate surface area is 133 Å². The molecular formula is C16H25BN2O3. The van der Waals surface area contributed by atoms with Gasteiger partial charge < -0.3 is 14.2 Å². The maximum absolute atomic E-state index is 12.7. The van der Waals surface area contributed by atoms with Crippen LogP contribution in [0.5, 0.6) is 0 Å². The molecule has 22 heavy (non-hydrogen) atoms. The summed E-state index contributed by atoms with van der Waals surface area (Å²) < 4.78 is 12.1. The highest BCUT2D eigenvalue weighted by molar-refractivity contribution is 6.63. The molecule has 120 valence electrons. The van der Waals surface area contributed by atoms with Crippen LogP contribution in [-0.4, -0.2) is 47.2 Å². The quantitative estimate of drug-likeness (QED) is 0.797. The van der Waals surface area contributed by atoms with Crippen LogP contribution in [0.25, 0.3) is 0 Å². The van der Waals surface area contributed by atoms with Crippen molar-refractivity contribution in [3.8, 4) is 0 Å². The number of amides is 1. The van der Waals surface area contributed by atoms with Crippen molar-refractivity contribution in [2.45, 2.75) is 52.7 Å². The lowest BCUT2D eigenvalue weighted by Crippen LogP contribution is -2.42. The van der Waals surface area contributed by atoms with Crippen molar-refractivity contribution in [1.29, 1.82) is 0 Å². The first-order chi connectivity index (χ1) is 10.2. The Kier molecular flexibility index (Phi) is 4.63. The summed E-state index contributed by atoms with van der Waals surface area (Å²) in [7, 11) is -0.576. The van der Waals surface area contributed by atoms with Crippen LogP contribution in [0.4, 0.5) is 0 Å². The Bertz CT molecular complexity index is 540. The third-order valence-electron chi connectivity index (χ3n) is 4.64. The third-order valence-corrected chi connectivity index (χ3v) is 4.64. The minimum atomic E-state index is -0.576. The smallest absolute Gasteiger partial charge is 0.399 e. The van der Waals surface area contributed by atoms with Gasteiger partial charge in [0, 0.05) is 36.5 Å². The molecule has 1 aliphatic rings. The van der Waals surface area contributed by atoms with Gasteiger partial charge in [-0.05, 0) is 47.6 Å². The van der Waals surface area contributed by atoms with Gasteiger partial charge in [-0.25, -0.2) is 0 Å². The fraction of sp³-hybridized carbons (Fsp3) is 0.625. The molecule has 5 nitrogen and oxygen atoms in total. The molecule has 1 aromatic rings. The molecule has 0 bridgehead atoms. The SMILES string of the molecule is CCN(CC)C(=O)c1ccncc1B1OC(C)(C)C(C)(C)O1. The van der Waals surface area contributed by atoms with Gasteiger partial charge in [0.1, 0.15) is 0 Å². The number of pyridine rings is 1. The second kappa shape index (κ2) is 6.01. The molecule has 0 atom stereocenters. The summed E-state index contributed by atoms with van der Waals surface area (Å²) in [5.41, 5.74) is 0.404. The van der Waals surface area contributed by atoms with E-state index >= 15 is 0 Å². The summed E-state index contributed by atoms with van der Waals surface area (Å²) in [5.74, 6) is -0.0166. The van der Waals surface area contributed by atoms with E-state index in [0.29, 0.717) is 24.1 Å². The lowest BCUT2D eigenvalue weighted by Gasteiger charge is -2.32. The van der Waals surface area contributed by atoms with Crippen LogP contribution in [0.15, 0.2) is 18.5 Å². The summed E-state index contributed by atoms with van der Waals surface area (Å²) in [4.78, 5) is 18.6. The molecular weight excluding hydrogens is 279 g/mol. The maximum Gasteiger partial charge on any atom is 0.497 e. The zero-order chi connectivity index (χ0) is 16.5. The van der Waals surface area contributed by atoms with Crippen molar-refractivity contribution >= 4 is 18.5 Å². The molecule has 2 rings (SSSR count). The Morgan fingerprint density at radius 2 is 1.73 bits per heavy atom. The largest absolute Gasteiger partial charge is 0.497 e. The maximum atomic E-state index is 12.7. The van der Waals surface area contributed by atoms with Gasteiger partial charge in [0.25, 0.3) is 5.91 Å². The molecule has 0 unspecified atom stereocenters. The van der Waals surface area contributed by atoms with E-state index in [1.54, 1.807) is 23.4 Å². The zero-order valence-electron chi connectivity index (χ0n) is 14.3. The van der Waals surface area contributed by atoms with Crippen molar-refractivity contribution in [3.63, 3.8) is 0 Å². The number of rotatable bonds is 4. The van der Waals surface area contributed by atoms with Gasteiger partial charge in [0.15, 0.2) is 0 Å². The van der Waals surface area contributed by atoms with E-state index < -0.39 is 18.3 Å². The van der Waals surface area contributed by atoms with E-state index in [9.17, 15) is 4.79 Å². The predicted octanol–water partition coefficient (Wildman–Crippen LogP) is 1.86. The summed E-state index contributed by atoms with van der Waals surface area (Å²) in [6.07, 6.45) is 3.30. The van der Waals surface area contributed by atoms with E-state index in [4.69, 9.17) is 9.31 Å². The van der Waals surface area contributed by atoms with Crippen LogP contribution < -0.4 is 5.46 Å². The molecule has 0 aromatic carbocycles. The molecule has 0 saturated carbocycles.